The number of aliphatic hydroxyl groups excluding tert-OH is 1. The van der Waals surface area contributed by atoms with E-state index in [-0.39, 0.29) is 25.7 Å². The first-order valence-electron chi connectivity index (χ1n) is 40.1. The lowest BCUT2D eigenvalue weighted by molar-refractivity contribution is -0.161. The van der Waals surface area contributed by atoms with E-state index in [9.17, 15) is 43.2 Å². The molecule has 0 radical (unpaired) electrons. The molecule has 0 spiro atoms. The predicted octanol–water partition coefficient (Wildman–Crippen LogP) is 22.9. The van der Waals surface area contributed by atoms with Crippen LogP contribution >= 0.6 is 15.6 Å². The second kappa shape index (κ2) is 70.1. The molecule has 0 saturated heterocycles. The van der Waals surface area contributed by atoms with E-state index in [0.717, 1.165) is 95.8 Å². The van der Waals surface area contributed by atoms with Crippen molar-refractivity contribution in [1.82, 2.24) is 0 Å². The summed E-state index contributed by atoms with van der Waals surface area (Å²) in [7, 11) is -9.91. The average molecular weight is 1410 g/mol. The van der Waals surface area contributed by atoms with Crippen molar-refractivity contribution in [1.29, 1.82) is 0 Å². The minimum absolute atomic E-state index is 0.107. The third-order valence-electron chi connectivity index (χ3n) is 18.0. The van der Waals surface area contributed by atoms with Crippen molar-refractivity contribution in [3.63, 3.8) is 0 Å². The van der Waals surface area contributed by atoms with Crippen LogP contribution in [0.15, 0.2) is 0 Å². The minimum atomic E-state index is -4.96. The van der Waals surface area contributed by atoms with Crippen molar-refractivity contribution in [2.24, 2.45) is 5.92 Å². The van der Waals surface area contributed by atoms with E-state index in [2.05, 4.69) is 34.6 Å². The molecule has 0 amide bonds. The monoisotopic (exact) mass is 1410 g/mol. The first-order valence-corrected chi connectivity index (χ1v) is 43.1. The summed E-state index contributed by atoms with van der Waals surface area (Å²) in [4.78, 5) is 72.8. The second-order valence-corrected chi connectivity index (χ2v) is 31.1. The third kappa shape index (κ3) is 70.5. The SMILES string of the molecule is CCCCCCCCCCCCCCCCCCCC(=O)OC[C@H](COP(=O)(O)OC[C@@H](O)COP(=O)(O)OC[C@@H](COC(=O)CCCCCCCCCCC)OC(=O)CCCCCCCCCCCCC)OC(=O)CCCCCCCCCCCCCCCCCCC(C)C. The van der Waals surface area contributed by atoms with Gasteiger partial charge in [-0.3, -0.25) is 37.3 Å². The Morgan fingerprint density at radius 1 is 0.281 bits per heavy atom. The minimum Gasteiger partial charge on any atom is -0.462 e. The van der Waals surface area contributed by atoms with Crippen LogP contribution in [0.4, 0.5) is 0 Å². The van der Waals surface area contributed by atoms with Gasteiger partial charge in [0.05, 0.1) is 26.4 Å². The van der Waals surface area contributed by atoms with E-state index in [4.69, 9.17) is 37.0 Å². The number of phosphoric ester groups is 2. The van der Waals surface area contributed by atoms with Gasteiger partial charge in [-0.2, -0.15) is 0 Å². The van der Waals surface area contributed by atoms with E-state index in [1.807, 2.05) is 0 Å². The molecule has 2 unspecified atom stereocenters. The molecule has 0 rings (SSSR count). The van der Waals surface area contributed by atoms with Crippen LogP contribution in [0.25, 0.3) is 0 Å². The first kappa shape index (κ1) is 94.1. The lowest BCUT2D eigenvalue weighted by atomic mass is 10.0. The van der Waals surface area contributed by atoms with Gasteiger partial charge in [-0.25, -0.2) is 9.13 Å². The Labute approximate surface area is 588 Å². The average Bonchev–Trinajstić information content (AvgIpc) is 1.83. The van der Waals surface area contributed by atoms with Crippen LogP contribution in [-0.2, 0) is 65.4 Å². The Morgan fingerprint density at radius 3 is 0.708 bits per heavy atom. The third-order valence-corrected chi connectivity index (χ3v) is 19.9. The molecule has 0 bridgehead atoms. The number of phosphoric acid groups is 2. The Morgan fingerprint density at radius 2 is 0.479 bits per heavy atom. The molecule has 19 heteroatoms. The quantitative estimate of drug-likeness (QED) is 0.0222. The van der Waals surface area contributed by atoms with Crippen molar-refractivity contribution in [2.75, 3.05) is 39.6 Å². The van der Waals surface area contributed by atoms with E-state index in [1.165, 1.54) is 231 Å². The van der Waals surface area contributed by atoms with E-state index in [0.29, 0.717) is 25.7 Å². The molecule has 3 N–H and O–H groups in total. The van der Waals surface area contributed by atoms with Crippen molar-refractivity contribution >= 4 is 39.5 Å². The van der Waals surface area contributed by atoms with Gasteiger partial charge in [0.15, 0.2) is 12.2 Å². The zero-order chi connectivity index (χ0) is 70.5. The van der Waals surface area contributed by atoms with Crippen LogP contribution in [0.2, 0.25) is 0 Å². The van der Waals surface area contributed by atoms with Gasteiger partial charge in [-0.1, -0.05) is 356 Å². The van der Waals surface area contributed by atoms with Crippen molar-refractivity contribution in [3.05, 3.63) is 0 Å². The molecule has 0 saturated carbocycles. The molecule has 96 heavy (non-hydrogen) atoms. The molecule has 0 aliphatic carbocycles. The molecule has 17 nitrogen and oxygen atoms in total. The van der Waals surface area contributed by atoms with Gasteiger partial charge in [-0.05, 0) is 31.6 Å². The number of carbonyl (C=O) groups is 4. The number of hydrogen-bond donors (Lipinski definition) is 3. The maximum absolute atomic E-state index is 13.1. The highest BCUT2D eigenvalue weighted by Crippen LogP contribution is 2.45. The zero-order valence-electron chi connectivity index (χ0n) is 62.5. The lowest BCUT2D eigenvalue weighted by Crippen LogP contribution is -2.30. The van der Waals surface area contributed by atoms with Gasteiger partial charge in [0.1, 0.15) is 19.3 Å². The fraction of sp³-hybridized carbons (Fsp3) is 0.948. The number of rotatable bonds is 77. The molecular weight excluding hydrogens is 1260 g/mol. The normalized spacial score (nSPS) is 13.9. The topological polar surface area (TPSA) is 237 Å². The smallest absolute Gasteiger partial charge is 0.462 e. The van der Waals surface area contributed by atoms with Gasteiger partial charge in [0.2, 0.25) is 0 Å². The second-order valence-electron chi connectivity index (χ2n) is 28.2. The van der Waals surface area contributed by atoms with E-state index in [1.54, 1.807) is 0 Å². The number of carbonyl (C=O) groups excluding carboxylic acids is 4. The van der Waals surface area contributed by atoms with Crippen LogP contribution in [-0.4, -0.2) is 96.7 Å². The van der Waals surface area contributed by atoms with Crippen molar-refractivity contribution in [2.45, 2.75) is 425 Å². The van der Waals surface area contributed by atoms with Crippen LogP contribution in [0.1, 0.15) is 407 Å². The summed E-state index contributed by atoms with van der Waals surface area (Å²) in [5.74, 6) is -1.30. The standard InChI is InChI=1S/C77H150O17P2/c1-6-9-12-15-18-21-23-24-25-26-30-33-37-41-46-51-56-61-75(80)88-67-73(94-77(82)63-58-53-48-43-38-34-31-28-27-29-32-36-40-44-49-54-59-70(4)5)69-92-96(85,86)90-65-71(78)64-89-95(83,84)91-68-72(66-87-74(79)60-55-50-45-39-20-17-14-11-8-3)93-76(81)62-57-52-47-42-35-22-19-16-13-10-7-2/h70-73,78H,6-69H2,1-5H3,(H,83,84)(H,85,86)/t71-,72+,73+/m0/s1. The number of ether oxygens (including phenoxy) is 4. The fourth-order valence-corrected chi connectivity index (χ4v) is 13.5. The highest BCUT2D eigenvalue weighted by atomic mass is 31.2. The fourth-order valence-electron chi connectivity index (χ4n) is 11.9. The predicted molar refractivity (Wildman–Crippen MR) is 391 cm³/mol. The van der Waals surface area contributed by atoms with Gasteiger partial charge in [0, 0.05) is 25.7 Å². The Balaban J connectivity index is 5.20. The van der Waals surface area contributed by atoms with Crippen LogP contribution in [0.5, 0.6) is 0 Å². The lowest BCUT2D eigenvalue weighted by Gasteiger charge is -2.21. The molecule has 570 valence electrons. The molecule has 0 aromatic carbocycles. The first-order chi connectivity index (χ1) is 46.5. The largest absolute Gasteiger partial charge is 0.472 e. The highest BCUT2D eigenvalue weighted by molar-refractivity contribution is 7.47. The van der Waals surface area contributed by atoms with Gasteiger partial charge in [0.25, 0.3) is 0 Å². The molecular formula is C77H150O17P2. The molecule has 0 aliphatic rings. The Kier molecular flexibility index (Phi) is 68.7. The summed E-state index contributed by atoms with van der Waals surface area (Å²) in [6.07, 6.45) is 59.6. The maximum Gasteiger partial charge on any atom is 0.472 e. The molecule has 5 atom stereocenters. The highest BCUT2D eigenvalue weighted by Gasteiger charge is 2.30. The van der Waals surface area contributed by atoms with Gasteiger partial charge in [-0.15, -0.1) is 0 Å². The van der Waals surface area contributed by atoms with Crippen LogP contribution in [0, 0.1) is 5.92 Å². The van der Waals surface area contributed by atoms with E-state index >= 15 is 0 Å². The van der Waals surface area contributed by atoms with Crippen molar-refractivity contribution in [3.8, 4) is 0 Å². The van der Waals surface area contributed by atoms with Crippen molar-refractivity contribution < 1.29 is 80.2 Å². The zero-order valence-corrected chi connectivity index (χ0v) is 64.3. The summed E-state index contributed by atoms with van der Waals surface area (Å²) < 4.78 is 68.5. The van der Waals surface area contributed by atoms with Crippen LogP contribution < -0.4 is 0 Å². The summed E-state index contributed by atoms with van der Waals surface area (Å²) in [6, 6.07) is 0. The Hall–Kier alpha value is -1.94. The van der Waals surface area contributed by atoms with Gasteiger partial charge < -0.3 is 33.8 Å². The Bertz CT molecular complexity index is 1840. The summed E-state index contributed by atoms with van der Waals surface area (Å²) >= 11 is 0. The summed E-state index contributed by atoms with van der Waals surface area (Å²) in [5.41, 5.74) is 0. The molecule has 0 aromatic heterocycles. The number of hydrogen-bond acceptors (Lipinski definition) is 15. The molecule has 0 aliphatic heterocycles. The summed E-state index contributed by atoms with van der Waals surface area (Å²) in [6.45, 7) is 7.31. The molecule has 0 aromatic rings. The molecule has 0 fully saturated rings. The van der Waals surface area contributed by atoms with Crippen LogP contribution in [0.3, 0.4) is 0 Å². The number of esters is 4. The van der Waals surface area contributed by atoms with Gasteiger partial charge >= 0.3 is 39.5 Å². The molecule has 0 heterocycles. The maximum atomic E-state index is 13.1. The number of aliphatic hydroxyl groups is 1. The number of unbranched alkanes of at least 4 members (excludes halogenated alkanes) is 49. The summed E-state index contributed by atoms with van der Waals surface area (Å²) in [5, 5.41) is 10.6. The van der Waals surface area contributed by atoms with E-state index < -0.39 is 97.5 Å².